The highest BCUT2D eigenvalue weighted by molar-refractivity contribution is 5.84. The molecule has 5 rings (SSSR count). The Labute approximate surface area is 196 Å². The predicted octanol–water partition coefficient (Wildman–Crippen LogP) is 2.04. The number of carbonyl (C=O) groups is 3. The first kappa shape index (κ1) is 22.4. The van der Waals surface area contributed by atoms with E-state index < -0.39 is 42.3 Å². The number of alkyl carbamates (subject to hydrolysis) is 1. The highest BCUT2D eigenvalue weighted by Crippen LogP contribution is 2.44. The van der Waals surface area contributed by atoms with Crippen LogP contribution in [0.3, 0.4) is 0 Å². The van der Waals surface area contributed by atoms with Crippen LogP contribution in [0.4, 0.5) is 4.79 Å². The summed E-state index contributed by atoms with van der Waals surface area (Å²) in [7, 11) is 0. The van der Waals surface area contributed by atoms with Crippen LogP contribution in [-0.4, -0.2) is 67.2 Å². The molecule has 0 spiro atoms. The maximum atomic E-state index is 12.7. The largest absolute Gasteiger partial charge is 0.479 e. The van der Waals surface area contributed by atoms with Crippen LogP contribution in [0.1, 0.15) is 29.9 Å². The van der Waals surface area contributed by atoms with Crippen molar-refractivity contribution in [3.8, 4) is 11.1 Å². The fourth-order valence-corrected chi connectivity index (χ4v) is 5.03. The van der Waals surface area contributed by atoms with E-state index in [0.717, 1.165) is 22.3 Å². The van der Waals surface area contributed by atoms with Crippen molar-refractivity contribution in [3.05, 3.63) is 59.7 Å². The van der Waals surface area contributed by atoms with Crippen LogP contribution in [0, 0.1) is 0 Å². The van der Waals surface area contributed by atoms with Gasteiger partial charge >= 0.3 is 12.1 Å². The summed E-state index contributed by atoms with van der Waals surface area (Å²) in [6.45, 7) is 0.731. The van der Waals surface area contributed by atoms with E-state index in [-0.39, 0.29) is 19.1 Å². The third kappa shape index (κ3) is 4.24. The Morgan fingerprint density at radius 1 is 0.853 bits per heavy atom. The molecule has 0 bridgehead atoms. The Balaban J connectivity index is 1.19. The van der Waals surface area contributed by atoms with Gasteiger partial charge in [0.1, 0.15) is 6.61 Å². The van der Waals surface area contributed by atoms with E-state index in [4.69, 9.17) is 14.2 Å². The van der Waals surface area contributed by atoms with Crippen molar-refractivity contribution in [2.75, 3.05) is 19.8 Å². The summed E-state index contributed by atoms with van der Waals surface area (Å²) in [6.07, 6.45) is -1.77. The van der Waals surface area contributed by atoms with Gasteiger partial charge in [-0.05, 0) is 35.1 Å². The fourth-order valence-electron chi connectivity index (χ4n) is 5.03. The van der Waals surface area contributed by atoms with E-state index in [1.807, 2.05) is 36.4 Å². The second-order valence-corrected chi connectivity index (χ2v) is 8.69. The van der Waals surface area contributed by atoms with Crippen LogP contribution in [-0.2, 0) is 23.8 Å². The first-order valence-electron chi connectivity index (χ1n) is 11.4. The molecule has 3 N–H and O–H groups in total. The molecule has 34 heavy (non-hydrogen) atoms. The molecule has 1 aliphatic carbocycles. The second-order valence-electron chi connectivity index (χ2n) is 8.69. The van der Waals surface area contributed by atoms with Crippen molar-refractivity contribution in [1.82, 2.24) is 10.6 Å². The van der Waals surface area contributed by atoms with E-state index in [2.05, 4.69) is 22.8 Å². The van der Waals surface area contributed by atoms with Crippen LogP contribution in [0.5, 0.6) is 0 Å². The highest BCUT2D eigenvalue weighted by atomic mass is 16.6. The molecule has 2 fully saturated rings. The number of ether oxygens (including phenoxy) is 3. The summed E-state index contributed by atoms with van der Waals surface area (Å²) in [6, 6.07) is 15.0. The SMILES string of the molecule is O=C(N[C@H]1CCO[C@H]1C(=O)NC1CCOC1C(=O)O)OCC1c2ccccc2-c2ccccc21. The molecule has 9 nitrogen and oxygen atoms in total. The van der Waals surface area contributed by atoms with Crippen LogP contribution in [0.25, 0.3) is 11.1 Å². The molecule has 2 amide bonds. The van der Waals surface area contributed by atoms with Gasteiger partial charge in [0.05, 0.1) is 12.1 Å². The molecule has 2 aromatic rings. The number of fused-ring (bicyclic) bond motifs is 3. The van der Waals surface area contributed by atoms with Crippen molar-refractivity contribution < 1.29 is 33.7 Å². The Kier molecular flexibility index (Phi) is 6.21. The lowest BCUT2D eigenvalue weighted by Crippen LogP contribution is -2.53. The molecule has 2 unspecified atom stereocenters. The third-order valence-corrected chi connectivity index (χ3v) is 6.66. The summed E-state index contributed by atoms with van der Waals surface area (Å²) in [5.74, 6) is -1.65. The van der Waals surface area contributed by atoms with Gasteiger partial charge in [-0.2, -0.15) is 0 Å². The summed E-state index contributed by atoms with van der Waals surface area (Å²) >= 11 is 0. The molecule has 2 aromatic carbocycles. The number of hydrogen-bond acceptors (Lipinski definition) is 6. The molecule has 0 radical (unpaired) electrons. The van der Waals surface area contributed by atoms with E-state index >= 15 is 0 Å². The maximum absolute atomic E-state index is 12.7. The number of benzene rings is 2. The first-order chi connectivity index (χ1) is 16.5. The molecule has 3 aliphatic rings. The standard InChI is InChI=1S/C25H26N2O7/c28-23(26-20-10-12-33-22(20)24(29)30)21-19(9-11-32-21)27-25(31)34-13-18-16-7-3-1-5-14(16)15-6-2-4-8-17(15)18/h1-8,18-22H,9-13H2,(H,26,28)(H,27,31)(H,29,30)/t19-,20?,21+,22?/m0/s1. The van der Waals surface area contributed by atoms with Crippen molar-refractivity contribution in [1.29, 1.82) is 0 Å². The Hall–Kier alpha value is -3.43. The highest BCUT2D eigenvalue weighted by Gasteiger charge is 2.41. The fraction of sp³-hybridized carbons (Fsp3) is 0.400. The van der Waals surface area contributed by atoms with Gasteiger partial charge in [-0.3, -0.25) is 4.79 Å². The van der Waals surface area contributed by atoms with Crippen LogP contribution in [0.15, 0.2) is 48.5 Å². The number of carboxylic acids is 1. The Bertz CT molecular complexity index is 1060. The van der Waals surface area contributed by atoms with Gasteiger partial charge in [0.2, 0.25) is 0 Å². The van der Waals surface area contributed by atoms with Gasteiger partial charge < -0.3 is 30.0 Å². The zero-order valence-corrected chi connectivity index (χ0v) is 18.4. The average Bonchev–Trinajstić information content (AvgIpc) is 3.55. The van der Waals surface area contributed by atoms with Crippen molar-refractivity contribution >= 4 is 18.0 Å². The summed E-state index contributed by atoms with van der Waals surface area (Å²) in [4.78, 5) is 36.6. The normalized spacial score (nSPS) is 25.4. The first-order valence-corrected chi connectivity index (χ1v) is 11.4. The van der Waals surface area contributed by atoms with Gasteiger partial charge in [0.15, 0.2) is 12.2 Å². The lowest BCUT2D eigenvalue weighted by Gasteiger charge is -2.23. The van der Waals surface area contributed by atoms with E-state index in [1.165, 1.54) is 0 Å². The van der Waals surface area contributed by atoms with Crippen LogP contribution < -0.4 is 10.6 Å². The van der Waals surface area contributed by atoms with Gasteiger partial charge in [-0.25, -0.2) is 9.59 Å². The van der Waals surface area contributed by atoms with Gasteiger partial charge in [-0.1, -0.05) is 48.5 Å². The number of amides is 2. The molecular formula is C25H26N2O7. The summed E-state index contributed by atoms with van der Waals surface area (Å²) in [5, 5.41) is 14.7. The van der Waals surface area contributed by atoms with E-state index in [0.29, 0.717) is 19.4 Å². The molecule has 178 valence electrons. The number of carbonyl (C=O) groups excluding carboxylic acids is 2. The summed E-state index contributed by atoms with van der Waals surface area (Å²) < 4.78 is 16.3. The zero-order chi connectivity index (χ0) is 23.7. The Morgan fingerprint density at radius 2 is 1.41 bits per heavy atom. The number of hydrogen-bond donors (Lipinski definition) is 3. The minimum atomic E-state index is -1.12. The van der Waals surface area contributed by atoms with E-state index in [1.54, 1.807) is 0 Å². The third-order valence-electron chi connectivity index (χ3n) is 6.66. The molecule has 0 saturated carbocycles. The van der Waals surface area contributed by atoms with Gasteiger partial charge in [0, 0.05) is 19.1 Å². The molecule has 9 heteroatoms. The lowest BCUT2D eigenvalue weighted by atomic mass is 9.98. The Morgan fingerprint density at radius 3 is 2.03 bits per heavy atom. The van der Waals surface area contributed by atoms with Gasteiger partial charge in [-0.15, -0.1) is 0 Å². The second kappa shape index (κ2) is 9.44. The number of rotatable bonds is 6. The topological polar surface area (TPSA) is 123 Å². The molecular weight excluding hydrogens is 440 g/mol. The summed E-state index contributed by atoms with van der Waals surface area (Å²) in [5.41, 5.74) is 4.52. The lowest BCUT2D eigenvalue weighted by molar-refractivity contribution is -0.148. The van der Waals surface area contributed by atoms with Crippen molar-refractivity contribution in [2.24, 2.45) is 0 Å². The zero-order valence-electron chi connectivity index (χ0n) is 18.4. The van der Waals surface area contributed by atoms with Gasteiger partial charge in [0.25, 0.3) is 5.91 Å². The predicted molar refractivity (Wildman–Crippen MR) is 120 cm³/mol. The van der Waals surface area contributed by atoms with Crippen LogP contribution >= 0.6 is 0 Å². The molecule has 4 atom stereocenters. The maximum Gasteiger partial charge on any atom is 0.407 e. The van der Waals surface area contributed by atoms with Crippen LogP contribution in [0.2, 0.25) is 0 Å². The van der Waals surface area contributed by atoms with Crippen molar-refractivity contribution in [3.63, 3.8) is 0 Å². The number of carboxylic acid groups (broad SMARTS) is 1. The molecule has 0 aromatic heterocycles. The quantitative estimate of drug-likeness (QED) is 0.595. The number of aliphatic carboxylic acids is 1. The molecule has 2 saturated heterocycles. The minimum Gasteiger partial charge on any atom is -0.479 e. The average molecular weight is 466 g/mol. The molecule has 2 heterocycles. The number of nitrogens with one attached hydrogen (secondary N) is 2. The smallest absolute Gasteiger partial charge is 0.407 e. The van der Waals surface area contributed by atoms with Crippen molar-refractivity contribution in [2.45, 2.75) is 43.1 Å². The minimum absolute atomic E-state index is 0.0626. The monoisotopic (exact) mass is 466 g/mol. The van der Waals surface area contributed by atoms with E-state index in [9.17, 15) is 19.5 Å². The molecule has 2 aliphatic heterocycles.